The zero-order valence-corrected chi connectivity index (χ0v) is 11.5. The Morgan fingerprint density at radius 1 is 1.26 bits per heavy atom. The molecule has 0 aliphatic heterocycles. The topological polar surface area (TPSA) is 46.6 Å². The third-order valence-electron chi connectivity index (χ3n) is 4.13. The molecule has 0 amide bonds. The predicted octanol–water partition coefficient (Wildman–Crippen LogP) is 2.68. The van der Waals surface area contributed by atoms with Gasteiger partial charge in [-0.3, -0.25) is 4.90 Å². The molecule has 0 saturated heterocycles. The minimum absolute atomic E-state index is 0.726. The van der Waals surface area contributed by atoms with Crippen molar-refractivity contribution in [3.8, 4) is 0 Å². The second kappa shape index (κ2) is 5.21. The highest BCUT2D eigenvalue weighted by Crippen LogP contribution is 2.22. The summed E-state index contributed by atoms with van der Waals surface area (Å²) in [5.74, 6) is 0. The first kappa shape index (κ1) is 12.5. The van der Waals surface area contributed by atoms with Gasteiger partial charge in [-0.1, -0.05) is 19.3 Å². The number of hydrogen-bond acceptors (Lipinski definition) is 3. The Hall–Kier alpha value is -1.55. The molecule has 2 aromatic rings. The van der Waals surface area contributed by atoms with Crippen LogP contribution in [0.15, 0.2) is 24.5 Å². The fourth-order valence-electron chi connectivity index (χ4n) is 3.04. The van der Waals surface area contributed by atoms with E-state index in [-0.39, 0.29) is 0 Å². The van der Waals surface area contributed by atoms with Crippen molar-refractivity contribution < 1.29 is 0 Å². The van der Waals surface area contributed by atoms with Crippen LogP contribution in [0.4, 0.5) is 5.69 Å². The van der Waals surface area contributed by atoms with Crippen molar-refractivity contribution in [2.24, 2.45) is 0 Å². The van der Waals surface area contributed by atoms with Crippen molar-refractivity contribution in [2.45, 2.75) is 44.7 Å². The van der Waals surface area contributed by atoms with Gasteiger partial charge in [-0.2, -0.15) is 0 Å². The number of imidazole rings is 1. The highest BCUT2D eigenvalue weighted by molar-refractivity contribution is 5.48. The Morgan fingerprint density at radius 3 is 2.84 bits per heavy atom. The average Bonchev–Trinajstić information content (AvgIpc) is 2.81. The Bertz CT molecular complexity index is 554. The third-order valence-corrected chi connectivity index (χ3v) is 4.13. The maximum absolute atomic E-state index is 5.79. The van der Waals surface area contributed by atoms with E-state index >= 15 is 0 Å². The second-order valence-corrected chi connectivity index (χ2v) is 5.67. The van der Waals surface area contributed by atoms with Crippen LogP contribution in [0, 0.1) is 0 Å². The number of fused-ring (bicyclic) bond motifs is 1. The number of hydrogen-bond donors (Lipinski definition) is 1. The lowest BCUT2D eigenvalue weighted by Gasteiger charge is -2.30. The quantitative estimate of drug-likeness (QED) is 0.920. The third kappa shape index (κ3) is 2.73. The summed E-state index contributed by atoms with van der Waals surface area (Å²) in [5, 5.41) is 0. The van der Waals surface area contributed by atoms with Crippen LogP contribution in [0.1, 0.15) is 37.8 Å². The van der Waals surface area contributed by atoms with Gasteiger partial charge in [0.05, 0.1) is 5.69 Å². The number of nitrogen functional groups attached to an aromatic ring is 1. The molecular weight excluding hydrogens is 236 g/mol. The second-order valence-electron chi connectivity index (χ2n) is 5.67. The van der Waals surface area contributed by atoms with Crippen LogP contribution in [0.25, 0.3) is 5.65 Å². The van der Waals surface area contributed by atoms with Crippen LogP contribution in [-0.2, 0) is 6.54 Å². The molecule has 0 atom stereocenters. The number of rotatable bonds is 3. The zero-order chi connectivity index (χ0) is 13.2. The van der Waals surface area contributed by atoms with Crippen LogP contribution in [0.3, 0.4) is 0 Å². The molecule has 2 heterocycles. The van der Waals surface area contributed by atoms with E-state index in [9.17, 15) is 0 Å². The number of aromatic nitrogens is 2. The van der Waals surface area contributed by atoms with Gasteiger partial charge in [0.15, 0.2) is 0 Å². The molecule has 4 heteroatoms. The largest absolute Gasteiger partial charge is 0.398 e. The lowest BCUT2D eigenvalue weighted by Crippen LogP contribution is -2.32. The van der Waals surface area contributed by atoms with Crippen LogP contribution in [-0.4, -0.2) is 27.4 Å². The molecule has 0 radical (unpaired) electrons. The molecule has 0 aromatic carbocycles. The van der Waals surface area contributed by atoms with Crippen molar-refractivity contribution in [3.63, 3.8) is 0 Å². The van der Waals surface area contributed by atoms with Gasteiger partial charge < -0.3 is 10.1 Å². The Kier molecular flexibility index (Phi) is 3.42. The highest BCUT2D eigenvalue weighted by atomic mass is 15.1. The van der Waals surface area contributed by atoms with Crippen LogP contribution in [0.2, 0.25) is 0 Å². The number of nitrogens with two attached hydrogens (primary N) is 1. The smallest absolute Gasteiger partial charge is 0.137 e. The molecule has 102 valence electrons. The van der Waals surface area contributed by atoms with Gasteiger partial charge in [0.25, 0.3) is 0 Å². The normalized spacial score (nSPS) is 17.4. The first-order valence-corrected chi connectivity index (χ1v) is 7.16. The fraction of sp³-hybridized carbons (Fsp3) is 0.533. The average molecular weight is 258 g/mol. The minimum atomic E-state index is 0.726. The van der Waals surface area contributed by atoms with Crippen molar-refractivity contribution in [1.29, 1.82) is 0 Å². The summed E-state index contributed by atoms with van der Waals surface area (Å²) >= 11 is 0. The monoisotopic (exact) mass is 258 g/mol. The fourth-order valence-corrected chi connectivity index (χ4v) is 3.04. The number of nitrogens with zero attached hydrogens (tertiary/aromatic N) is 3. The lowest BCUT2D eigenvalue weighted by atomic mass is 9.94. The van der Waals surface area contributed by atoms with Gasteiger partial charge in [0.1, 0.15) is 5.65 Å². The molecule has 1 aliphatic carbocycles. The van der Waals surface area contributed by atoms with Crippen LogP contribution in [0.5, 0.6) is 0 Å². The molecule has 1 fully saturated rings. The van der Waals surface area contributed by atoms with E-state index in [2.05, 4.69) is 23.1 Å². The van der Waals surface area contributed by atoms with Crippen molar-refractivity contribution in [2.75, 3.05) is 12.8 Å². The minimum Gasteiger partial charge on any atom is -0.398 e. The SMILES string of the molecule is CN(Cc1cn2cc(N)ccc2n1)C1CCCCC1. The Labute approximate surface area is 114 Å². The van der Waals surface area contributed by atoms with E-state index in [1.807, 2.05) is 22.7 Å². The molecule has 19 heavy (non-hydrogen) atoms. The van der Waals surface area contributed by atoms with Gasteiger partial charge in [-0.25, -0.2) is 4.98 Å². The number of pyridine rings is 1. The van der Waals surface area contributed by atoms with E-state index in [1.165, 1.54) is 32.1 Å². The molecule has 4 nitrogen and oxygen atoms in total. The summed E-state index contributed by atoms with van der Waals surface area (Å²) in [6.45, 7) is 0.923. The summed E-state index contributed by atoms with van der Waals surface area (Å²) in [6, 6.07) is 4.60. The van der Waals surface area contributed by atoms with Crippen LogP contribution < -0.4 is 5.73 Å². The molecular formula is C15H22N4. The maximum atomic E-state index is 5.79. The van der Waals surface area contributed by atoms with Crippen molar-refractivity contribution in [1.82, 2.24) is 14.3 Å². The molecule has 0 unspecified atom stereocenters. The predicted molar refractivity (Wildman–Crippen MR) is 77.9 cm³/mol. The van der Waals surface area contributed by atoms with Crippen molar-refractivity contribution in [3.05, 3.63) is 30.2 Å². The van der Waals surface area contributed by atoms with Crippen LogP contribution >= 0.6 is 0 Å². The van der Waals surface area contributed by atoms with E-state index in [0.29, 0.717) is 0 Å². The molecule has 1 aliphatic rings. The van der Waals surface area contributed by atoms with Crippen molar-refractivity contribution >= 4 is 11.3 Å². The van der Waals surface area contributed by atoms with Gasteiger partial charge in [0.2, 0.25) is 0 Å². The van der Waals surface area contributed by atoms with Gasteiger partial charge in [-0.15, -0.1) is 0 Å². The highest BCUT2D eigenvalue weighted by Gasteiger charge is 2.18. The first-order chi connectivity index (χ1) is 9.22. The van der Waals surface area contributed by atoms with Gasteiger partial charge >= 0.3 is 0 Å². The molecule has 3 rings (SSSR count). The molecule has 0 bridgehead atoms. The summed E-state index contributed by atoms with van der Waals surface area (Å²) in [5.41, 5.74) is 8.66. The summed E-state index contributed by atoms with van der Waals surface area (Å²) < 4.78 is 2.01. The van der Waals surface area contributed by atoms with E-state index in [1.54, 1.807) is 0 Å². The molecule has 2 aromatic heterocycles. The maximum Gasteiger partial charge on any atom is 0.137 e. The van der Waals surface area contributed by atoms with E-state index < -0.39 is 0 Å². The Balaban J connectivity index is 1.73. The van der Waals surface area contributed by atoms with Gasteiger partial charge in [0, 0.05) is 30.7 Å². The van der Waals surface area contributed by atoms with Gasteiger partial charge in [-0.05, 0) is 32.0 Å². The first-order valence-electron chi connectivity index (χ1n) is 7.16. The summed E-state index contributed by atoms with van der Waals surface area (Å²) in [4.78, 5) is 7.10. The van der Waals surface area contributed by atoms with E-state index in [4.69, 9.17) is 5.73 Å². The lowest BCUT2D eigenvalue weighted by molar-refractivity contribution is 0.183. The molecule has 0 spiro atoms. The zero-order valence-electron chi connectivity index (χ0n) is 11.5. The standard InChI is InChI=1S/C15H22N4/c1-18(14-5-3-2-4-6-14)10-13-11-19-9-12(16)7-8-15(19)17-13/h7-9,11,14H,2-6,10,16H2,1H3. The molecule has 1 saturated carbocycles. The Morgan fingerprint density at radius 2 is 2.05 bits per heavy atom. The summed E-state index contributed by atoms with van der Waals surface area (Å²) in [6.07, 6.45) is 10.8. The number of anilines is 1. The summed E-state index contributed by atoms with van der Waals surface area (Å²) in [7, 11) is 2.22. The van der Waals surface area contributed by atoms with E-state index in [0.717, 1.165) is 29.6 Å². The molecule has 2 N–H and O–H groups in total.